The average Bonchev–Trinajstić information content (AvgIpc) is 3.27. The zero-order chi connectivity index (χ0) is 50.6. The molecule has 0 spiro atoms. The lowest BCUT2D eigenvalue weighted by atomic mass is 9.81. The third-order valence-corrected chi connectivity index (χ3v) is 10.4. The third kappa shape index (κ3) is 24.3. The normalized spacial score (nSPS) is 15.1. The molecule has 0 bridgehead atoms. The first-order valence-corrected chi connectivity index (χ1v) is 22.6. The number of hydrogen-bond acceptors (Lipinski definition) is 14. The van der Waals surface area contributed by atoms with Crippen molar-refractivity contribution in [2.45, 2.75) is 188 Å². The molecule has 0 aliphatic rings. The maximum absolute atomic E-state index is 13.9. The summed E-state index contributed by atoms with van der Waals surface area (Å²) < 4.78 is 35.2. The van der Waals surface area contributed by atoms with Gasteiger partial charge in [-0.2, -0.15) is 0 Å². The van der Waals surface area contributed by atoms with Crippen molar-refractivity contribution in [1.82, 2.24) is 5.32 Å². The Morgan fingerprint density at radius 1 is 0.754 bits per heavy atom. The van der Waals surface area contributed by atoms with Gasteiger partial charge in [0.15, 0.2) is 11.5 Å². The molecule has 0 aromatic heterocycles. The Morgan fingerprint density at radius 3 is 1.82 bits per heavy atom. The molecule has 378 valence electrons. The van der Waals surface area contributed by atoms with E-state index in [0.29, 0.717) is 24.3 Å². The molecule has 2 aromatic rings. The van der Waals surface area contributed by atoms with Crippen molar-refractivity contribution in [1.29, 1.82) is 0 Å². The monoisotopic (exact) mass is 929 g/mol. The maximum Gasteiger partial charge on any atom is 0.229 e. The molecule has 5 unspecified atom stereocenters. The number of nitrogens with two attached hydrogens (primary N) is 1. The van der Waals surface area contributed by atoms with Crippen LogP contribution in [-0.4, -0.2) is 132 Å². The number of aliphatic hydroxyl groups is 4. The van der Waals surface area contributed by atoms with E-state index >= 15 is 0 Å². The van der Waals surface area contributed by atoms with Crippen molar-refractivity contribution in [2.75, 3.05) is 34.5 Å². The Morgan fingerprint density at radius 2 is 1.32 bits per heavy atom. The van der Waals surface area contributed by atoms with Crippen LogP contribution in [0.5, 0.6) is 11.5 Å². The van der Waals surface area contributed by atoms with Crippen molar-refractivity contribution in [2.24, 2.45) is 11.7 Å². The Kier molecular flexibility index (Phi) is 31.6. The summed E-state index contributed by atoms with van der Waals surface area (Å²) in [6, 6.07) is 14.8. The van der Waals surface area contributed by atoms with E-state index in [-0.39, 0.29) is 38.8 Å². The van der Waals surface area contributed by atoms with Gasteiger partial charge in [-0.25, -0.2) is 4.89 Å². The van der Waals surface area contributed by atoms with Crippen LogP contribution in [0.1, 0.15) is 127 Å². The van der Waals surface area contributed by atoms with Gasteiger partial charge >= 0.3 is 0 Å². The van der Waals surface area contributed by atoms with Gasteiger partial charge in [0.1, 0.15) is 24.4 Å². The summed E-state index contributed by atoms with van der Waals surface area (Å²) in [5.74, 6) is -0.734. The molecule has 0 fully saturated rings. The largest absolute Gasteiger partial charge is 0.493 e. The van der Waals surface area contributed by atoms with Gasteiger partial charge < -0.3 is 59.9 Å². The molecule has 16 nitrogen and oxygen atoms in total. The van der Waals surface area contributed by atoms with Crippen molar-refractivity contribution in [3.8, 4) is 11.5 Å². The van der Waals surface area contributed by atoms with Gasteiger partial charge in [-0.1, -0.05) is 64.1 Å². The molecular formula is C49H88N2O14. The van der Waals surface area contributed by atoms with Crippen LogP contribution in [0.4, 0.5) is 0 Å². The Labute approximate surface area is 390 Å². The Bertz CT molecular complexity index is 1540. The quantitative estimate of drug-likeness (QED) is 0.0292. The molecule has 16 heteroatoms. The molecule has 2 aromatic carbocycles. The van der Waals surface area contributed by atoms with Crippen LogP contribution in [-0.2, 0) is 46.4 Å². The lowest BCUT2D eigenvalue weighted by molar-refractivity contribution is -0.318. The highest BCUT2D eigenvalue weighted by molar-refractivity contribution is 5.80. The van der Waals surface area contributed by atoms with Crippen LogP contribution in [0.3, 0.4) is 0 Å². The van der Waals surface area contributed by atoms with Gasteiger partial charge in [0.25, 0.3) is 0 Å². The summed E-state index contributed by atoms with van der Waals surface area (Å²) in [6.45, 7) is 23.7. The van der Waals surface area contributed by atoms with Gasteiger partial charge in [0, 0.05) is 13.7 Å². The van der Waals surface area contributed by atoms with Crippen LogP contribution >= 0.6 is 0 Å². The predicted octanol–water partition coefficient (Wildman–Crippen LogP) is 6.39. The van der Waals surface area contributed by atoms with Crippen LogP contribution in [0, 0.1) is 5.92 Å². The molecule has 7 atom stereocenters. The fourth-order valence-corrected chi connectivity index (χ4v) is 6.73. The van der Waals surface area contributed by atoms with E-state index in [9.17, 15) is 30.5 Å². The van der Waals surface area contributed by atoms with Crippen molar-refractivity contribution >= 4 is 12.3 Å². The number of methoxy groups -OCH3 is 3. The maximum atomic E-state index is 13.9. The number of primary amides is 1. The molecule has 2 rings (SSSR count). The van der Waals surface area contributed by atoms with E-state index in [4.69, 9.17) is 38.1 Å². The highest BCUT2D eigenvalue weighted by atomic mass is 17.1. The average molecular weight is 929 g/mol. The zero-order valence-corrected chi connectivity index (χ0v) is 42.4. The van der Waals surface area contributed by atoms with Crippen LogP contribution in [0.15, 0.2) is 48.5 Å². The predicted molar refractivity (Wildman–Crippen MR) is 254 cm³/mol. The van der Waals surface area contributed by atoms with Gasteiger partial charge in [0.2, 0.25) is 12.3 Å². The SMILES string of the molecule is CC.CC.COc1ccc(CCC(OO)[C@@H](OC(C)(C)CCOC(C)(C)C(C(=O)NCc2ccccc2)C(O)C(O)[C@@H](CO)OC(C)(C)C)C(O)CCC(C)(C)OC)cc1OC.NC=O. The number of nitrogens with one attached hydrogen (secondary N) is 1. The molecule has 0 aliphatic heterocycles. The number of amides is 2. The van der Waals surface area contributed by atoms with E-state index in [2.05, 4.69) is 11.1 Å². The molecule has 2 amide bonds. The molecule has 65 heavy (non-hydrogen) atoms. The van der Waals surface area contributed by atoms with Crippen LogP contribution in [0.2, 0.25) is 0 Å². The fraction of sp³-hybridized carbons (Fsp3) is 0.714. The smallest absolute Gasteiger partial charge is 0.229 e. The van der Waals surface area contributed by atoms with E-state index in [1.807, 2.05) is 97.9 Å². The second kappa shape index (κ2) is 32.3. The van der Waals surface area contributed by atoms with Crippen molar-refractivity contribution < 1.29 is 68.6 Å². The van der Waals surface area contributed by atoms with E-state index < -0.39 is 77.5 Å². The molecule has 0 radical (unpaired) electrons. The van der Waals surface area contributed by atoms with Crippen molar-refractivity contribution in [3.63, 3.8) is 0 Å². The van der Waals surface area contributed by atoms with E-state index in [1.165, 1.54) is 0 Å². The topological polar surface area (TPSA) is 238 Å². The number of aryl methyl sites for hydroxylation is 1. The number of benzene rings is 2. The summed E-state index contributed by atoms with van der Waals surface area (Å²) in [5, 5.41) is 57.7. The number of carbonyl (C=O) groups is 2. The van der Waals surface area contributed by atoms with E-state index in [1.54, 1.807) is 62.0 Å². The minimum absolute atomic E-state index is 0.0308. The summed E-state index contributed by atoms with van der Waals surface area (Å²) in [7, 11) is 4.72. The Hall–Kier alpha value is -3.42. The minimum atomic E-state index is -1.70. The molecule has 0 aliphatic carbocycles. The molecule has 0 saturated heterocycles. The second-order valence-corrected chi connectivity index (χ2v) is 17.7. The first-order chi connectivity index (χ1) is 30.4. The lowest BCUT2D eigenvalue weighted by Crippen LogP contribution is -2.57. The number of carbonyl (C=O) groups excluding carboxylic acids is 2. The molecule has 0 saturated carbocycles. The Balaban J connectivity index is 0. The van der Waals surface area contributed by atoms with Gasteiger partial charge in [-0.15, -0.1) is 0 Å². The first kappa shape index (κ1) is 63.7. The highest BCUT2D eigenvalue weighted by Crippen LogP contribution is 2.33. The number of hydrogen-bond donors (Lipinski definition) is 7. The van der Waals surface area contributed by atoms with E-state index in [0.717, 1.165) is 11.1 Å². The third-order valence-electron chi connectivity index (χ3n) is 10.4. The summed E-state index contributed by atoms with van der Waals surface area (Å²) in [4.78, 5) is 27.5. The van der Waals surface area contributed by atoms with Gasteiger partial charge in [-0.05, 0) is 118 Å². The van der Waals surface area contributed by atoms with Crippen molar-refractivity contribution in [3.05, 3.63) is 59.7 Å². The fourth-order valence-electron chi connectivity index (χ4n) is 6.73. The highest BCUT2D eigenvalue weighted by Gasteiger charge is 2.47. The van der Waals surface area contributed by atoms with Gasteiger partial charge in [-0.3, -0.25) is 14.8 Å². The molecule has 8 N–H and O–H groups in total. The lowest BCUT2D eigenvalue weighted by Gasteiger charge is -2.41. The zero-order valence-electron chi connectivity index (χ0n) is 42.4. The van der Waals surface area contributed by atoms with Gasteiger partial charge in [0.05, 0.1) is 68.0 Å². The summed E-state index contributed by atoms with van der Waals surface area (Å²) in [5.41, 5.74) is 2.29. The summed E-state index contributed by atoms with van der Waals surface area (Å²) >= 11 is 0. The number of rotatable bonds is 27. The number of ether oxygens (including phenoxy) is 6. The van der Waals surface area contributed by atoms with Crippen LogP contribution < -0.4 is 20.5 Å². The summed E-state index contributed by atoms with van der Waals surface area (Å²) in [6.07, 6.45) is -5.47. The minimum Gasteiger partial charge on any atom is -0.493 e. The first-order valence-electron chi connectivity index (χ1n) is 22.6. The van der Waals surface area contributed by atoms with Crippen LogP contribution in [0.25, 0.3) is 0 Å². The molecule has 0 heterocycles. The molecular weight excluding hydrogens is 841 g/mol. The number of aliphatic hydroxyl groups excluding tert-OH is 4. The second-order valence-electron chi connectivity index (χ2n) is 17.7. The standard InChI is InChI=1S/C44H73NO13.2C2H6.CH3NO/c1-41(2,3)56-35(28-46)37(48)38(49)36(40(50)45-27-30-16-14-13-15-17-30)44(8,9)55-25-24-43(6,7)57-39(31(47)22-23-42(4,5)54-12)33(58-51)21-19-29-18-20-32(52-10)34(26-29)53-11;2*1-2;2-1-3/h13-18,20,26,31,33,35-39,46-49,51H,19,21-25,27-28H2,1-12H3,(H,45,50);2*1-2H3;1H,(H2,2,3)/t31?,33?,35-,36?,37?,38?,39+;;;/m1.../s1.